The normalized spacial score (nSPS) is 12.0. The Bertz CT molecular complexity index is 1200. The first-order chi connectivity index (χ1) is 19.0. The number of hydrogen-bond donors (Lipinski definition) is 0. The van der Waals surface area contributed by atoms with E-state index in [4.69, 9.17) is 13.9 Å². The van der Waals surface area contributed by atoms with Crippen molar-refractivity contribution in [1.29, 1.82) is 0 Å². The van der Waals surface area contributed by atoms with Gasteiger partial charge < -0.3 is 18.6 Å². The molecule has 0 atom stereocenters. The van der Waals surface area contributed by atoms with Crippen molar-refractivity contribution in [2.24, 2.45) is 0 Å². The van der Waals surface area contributed by atoms with Crippen molar-refractivity contribution in [2.75, 3.05) is 33.0 Å². The minimum atomic E-state index is -2.68. The molecule has 0 spiro atoms. The molecular formula is C29H31F5O5Si. The zero-order valence-corrected chi connectivity index (χ0v) is 23.4. The number of carbonyl (C=O) groups is 1. The number of carbonyl (C=O) groups excluding carboxylic acids is 1. The maximum absolute atomic E-state index is 13.6. The van der Waals surface area contributed by atoms with E-state index in [1.807, 2.05) is 36.4 Å². The summed E-state index contributed by atoms with van der Waals surface area (Å²) in [5.74, 6) is -14.1. The minimum absolute atomic E-state index is 0.0923. The first-order valence-electron chi connectivity index (χ1n) is 12.6. The number of ether oxygens (including phenoxy) is 3. The Balaban J connectivity index is 1.46. The van der Waals surface area contributed by atoms with Crippen LogP contribution in [0.15, 0.2) is 60.7 Å². The van der Waals surface area contributed by atoms with Gasteiger partial charge in [0.15, 0.2) is 0 Å². The maximum Gasteiger partial charge on any atom is 0.313 e. The third-order valence-electron chi connectivity index (χ3n) is 6.17. The number of rotatable bonds is 13. The van der Waals surface area contributed by atoms with E-state index in [9.17, 15) is 26.7 Å². The Morgan fingerprint density at radius 1 is 0.650 bits per heavy atom. The van der Waals surface area contributed by atoms with E-state index in [2.05, 4.69) is 49.8 Å². The van der Waals surface area contributed by atoms with Crippen LogP contribution in [-0.2, 0) is 18.7 Å². The van der Waals surface area contributed by atoms with Crippen LogP contribution in [0.4, 0.5) is 22.0 Å². The Morgan fingerprint density at radius 3 is 1.55 bits per heavy atom. The van der Waals surface area contributed by atoms with Crippen molar-refractivity contribution in [3.63, 3.8) is 0 Å². The molecule has 216 valence electrons. The second-order valence-electron chi connectivity index (χ2n) is 9.86. The molecular weight excluding hydrogens is 551 g/mol. The molecule has 0 saturated heterocycles. The van der Waals surface area contributed by atoms with Gasteiger partial charge in [0.2, 0.25) is 34.8 Å². The molecule has 0 aliphatic rings. The van der Waals surface area contributed by atoms with E-state index in [0.29, 0.717) is 6.61 Å². The Labute approximate surface area is 231 Å². The quantitative estimate of drug-likeness (QED) is 0.0522. The molecule has 11 heteroatoms. The first kappa shape index (κ1) is 31.4. The molecule has 0 saturated carbocycles. The lowest BCUT2D eigenvalue weighted by Crippen LogP contribution is -2.66. The average Bonchev–Trinajstić information content (AvgIpc) is 2.94. The molecule has 5 nitrogen and oxygen atoms in total. The van der Waals surface area contributed by atoms with Crippen molar-refractivity contribution in [3.05, 3.63) is 89.7 Å². The monoisotopic (exact) mass is 582 g/mol. The van der Waals surface area contributed by atoms with Gasteiger partial charge in [-0.3, -0.25) is 4.79 Å². The van der Waals surface area contributed by atoms with Gasteiger partial charge in [0.25, 0.3) is 8.32 Å². The predicted octanol–water partition coefficient (Wildman–Crippen LogP) is 5.29. The van der Waals surface area contributed by atoms with E-state index < -0.39 is 55.5 Å². The lowest BCUT2D eigenvalue weighted by atomic mass is 10.2. The fraction of sp³-hybridized carbons (Fsp3) is 0.345. The summed E-state index contributed by atoms with van der Waals surface area (Å²) in [6, 6.07) is 20.3. The molecule has 0 fully saturated rings. The molecule has 0 aliphatic heterocycles. The molecule has 3 aromatic rings. The largest absolute Gasteiger partial charge is 0.420 e. The fourth-order valence-electron chi connectivity index (χ4n) is 4.33. The lowest BCUT2D eigenvalue weighted by molar-refractivity contribution is -0.136. The summed E-state index contributed by atoms with van der Waals surface area (Å²) in [5, 5.41) is 2.12. The summed E-state index contributed by atoms with van der Waals surface area (Å²) >= 11 is 0. The second kappa shape index (κ2) is 14.0. The van der Waals surface area contributed by atoms with Crippen LogP contribution >= 0.6 is 0 Å². The van der Waals surface area contributed by atoms with E-state index in [-0.39, 0.29) is 31.5 Å². The molecule has 40 heavy (non-hydrogen) atoms. The van der Waals surface area contributed by atoms with Crippen LogP contribution in [0.1, 0.15) is 27.2 Å². The van der Waals surface area contributed by atoms with Crippen molar-refractivity contribution in [1.82, 2.24) is 0 Å². The van der Waals surface area contributed by atoms with Crippen molar-refractivity contribution >= 4 is 24.7 Å². The summed E-state index contributed by atoms with van der Waals surface area (Å²) in [6.07, 6.45) is -0.476. The van der Waals surface area contributed by atoms with Crippen LogP contribution in [0.25, 0.3) is 0 Å². The van der Waals surface area contributed by atoms with Gasteiger partial charge in [-0.25, -0.2) is 13.2 Å². The van der Waals surface area contributed by atoms with Gasteiger partial charge in [-0.05, 0) is 15.4 Å². The molecule has 3 aromatic carbocycles. The fourth-order valence-corrected chi connectivity index (χ4v) is 8.88. The summed E-state index contributed by atoms with van der Waals surface area (Å²) in [7, 11) is -2.68. The third-order valence-corrected chi connectivity index (χ3v) is 11.2. The van der Waals surface area contributed by atoms with Crippen LogP contribution in [0.5, 0.6) is 5.75 Å². The molecule has 0 N–H and O–H groups in total. The smallest absolute Gasteiger partial charge is 0.313 e. The third kappa shape index (κ3) is 7.14. The summed E-state index contributed by atoms with van der Waals surface area (Å²) < 4.78 is 88.7. The SMILES string of the molecule is CC(C)(C)[Si](OCCOCCOCCC(=O)Oc1c(F)c(F)c(F)c(F)c1F)(c1ccccc1)c1ccccc1. The number of esters is 1. The van der Waals surface area contributed by atoms with Gasteiger partial charge in [-0.15, -0.1) is 0 Å². The Kier molecular flexibility index (Phi) is 11.0. The Morgan fingerprint density at radius 2 is 1.07 bits per heavy atom. The maximum atomic E-state index is 13.6. The van der Waals surface area contributed by atoms with Crippen molar-refractivity contribution in [2.45, 2.75) is 32.2 Å². The van der Waals surface area contributed by atoms with Gasteiger partial charge in [0, 0.05) is 0 Å². The van der Waals surface area contributed by atoms with Crippen LogP contribution in [0, 0.1) is 29.1 Å². The van der Waals surface area contributed by atoms with E-state index in [1.54, 1.807) is 0 Å². The number of hydrogen-bond acceptors (Lipinski definition) is 5. The summed E-state index contributed by atoms with van der Waals surface area (Å²) in [4.78, 5) is 11.8. The minimum Gasteiger partial charge on any atom is -0.420 e. The first-order valence-corrected chi connectivity index (χ1v) is 14.5. The van der Waals surface area contributed by atoms with Crippen LogP contribution in [0.2, 0.25) is 5.04 Å². The van der Waals surface area contributed by atoms with Crippen LogP contribution in [-0.4, -0.2) is 47.3 Å². The molecule has 0 bridgehead atoms. The highest BCUT2D eigenvalue weighted by Gasteiger charge is 2.50. The molecule has 3 rings (SSSR count). The van der Waals surface area contributed by atoms with Crippen molar-refractivity contribution in [3.8, 4) is 5.75 Å². The number of halogens is 5. The molecule has 0 radical (unpaired) electrons. The molecule has 0 unspecified atom stereocenters. The zero-order valence-electron chi connectivity index (χ0n) is 22.4. The highest BCUT2D eigenvalue weighted by atomic mass is 28.4. The van der Waals surface area contributed by atoms with Crippen LogP contribution in [0.3, 0.4) is 0 Å². The van der Waals surface area contributed by atoms with E-state index in [1.165, 1.54) is 0 Å². The van der Waals surface area contributed by atoms with E-state index >= 15 is 0 Å². The molecule has 0 heterocycles. The summed E-state index contributed by atoms with van der Waals surface area (Å²) in [6.45, 7) is 7.19. The summed E-state index contributed by atoms with van der Waals surface area (Å²) in [5.41, 5.74) is 0. The highest BCUT2D eigenvalue weighted by Crippen LogP contribution is 2.36. The zero-order chi connectivity index (χ0) is 29.3. The van der Waals surface area contributed by atoms with Gasteiger partial charge in [0.05, 0.1) is 39.5 Å². The highest BCUT2D eigenvalue weighted by molar-refractivity contribution is 6.99. The van der Waals surface area contributed by atoms with Crippen molar-refractivity contribution < 1.29 is 45.4 Å². The average molecular weight is 583 g/mol. The molecule has 0 aromatic heterocycles. The molecule has 0 amide bonds. The van der Waals surface area contributed by atoms with Gasteiger partial charge in [-0.2, -0.15) is 8.78 Å². The second-order valence-corrected chi connectivity index (χ2v) is 14.2. The molecule has 0 aliphatic carbocycles. The standard InChI is InChI=1S/C29H31F5O5Si/c1-29(2,3)40(20-10-6-4-7-11-20,21-12-8-5-9-13-21)38-19-18-37-17-16-36-15-14-22(35)39-28-26(33)24(31)23(30)25(32)27(28)34/h4-13H,14-19H2,1-3H3. The number of benzene rings is 3. The van der Waals surface area contributed by atoms with Gasteiger partial charge >= 0.3 is 5.97 Å². The Hall–Kier alpha value is -3.12. The van der Waals surface area contributed by atoms with Gasteiger partial charge in [-0.1, -0.05) is 81.4 Å². The van der Waals surface area contributed by atoms with Crippen LogP contribution < -0.4 is 15.1 Å². The predicted molar refractivity (Wildman–Crippen MR) is 142 cm³/mol. The van der Waals surface area contributed by atoms with E-state index in [0.717, 1.165) is 10.4 Å². The lowest BCUT2D eigenvalue weighted by Gasteiger charge is -2.43. The van der Waals surface area contributed by atoms with Gasteiger partial charge in [0.1, 0.15) is 0 Å². The topological polar surface area (TPSA) is 54.0 Å².